The minimum Gasteiger partial charge on any atom is -0.380 e. The topological polar surface area (TPSA) is 24.1 Å². The maximum atomic E-state index is 3.56. The number of hydrogen-bond donors (Lipinski definition) is 2. The number of thiophene rings is 1. The lowest BCUT2D eigenvalue weighted by molar-refractivity contribution is 0.618. The van der Waals surface area contributed by atoms with E-state index in [1.54, 1.807) is 11.3 Å². The normalized spacial score (nSPS) is 17.5. The highest BCUT2D eigenvalue weighted by Crippen LogP contribution is 2.25. The molecule has 0 amide bonds. The van der Waals surface area contributed by atoms with Crippen molar-refractivity contribution in [1.29, 1.82) is 0 Å². The summed E-state index contributed by atoms with van der Waals surface area (Å²) >= 11 is 5.27. The van der Waals surface area contributed by atoms with E-state index in [9.17, 15) is 0 Å². The third-order valence-corrected chi connectivity index (χ3v) is 4.85. The van der Waals surface area contributed by atoms with E-state index < -0.39 is 0 Å². The van der Waals surface area contributed by atoms with Crippen molar-refractivity contribution in [2.75, 3.05) is 11.9 Å². The second-order valence-corrected chi connectivity index (χ2v) is 6.48. The smallest absolute Gasteiger partial charge is 0.0427 e. The van der Waals surface area contributed by atoms with Gasteiger partial charge in [-0.2, -0.15) is 0 Å². The maximum Gasteiger partial charge on any atom is 0.0427 e. The molecule has 0 fully saturated rings. The largest absolute Gasteiger partial charge is 0.380 e. The molecular weight excluding hydrogens is 308 g/mol. The first-order valence-corrected chi connectivity index (χ1v) is 7.76. The van der Waals surface area contributed by atoms with Gasteiger partial charge in [0, 0.05) is 39.5 Å². The van der Waals surface area contributed by atoms with Crippen LogP contribution in [0.5, 0.6) is 0 Å². The second-order valence-electron chi connectivity index (χ2n) is 4.56. The van der Waals surface area contributed by atoms with Crippen LogP contribution < -0.4 is 10.6 Å². The lowest BCUT2D eigenvalue weighted by atomic mass is 10.1. The highest BCUT2D eigenvalue weighted by Gasteiger charge is 2.18. The fraction of sp³-hybridized carbons (Fsp3) is 0.286. The quantitative estimate of drug-likeness (QED) is 0.898. The van der Waals surface area contributed by atoms with Crippen molar-refractivity contribution in [2.24, 2.45) is 0 Å². The predicted octanol–water partition coefficient (Wildman–Crippen LogP) is 3.64. The summed E-state index contributed by atoms with van der Waals surface area (Å²) in [6, 6.07) is 11.3. The fourth-order valence-electron chi connectivity index (χ4n) is 2.31. The summed E-state index contributed by atoms with van der Waals surface area (Å²) in [6.45, 7) is 1.95. The van der Waals surface area contributed by atoms with Gasteiger partial charge in [0.05, 0.1) is 0 Å². The van der Waals surface area contributed by atoms with Crippen molar-refractivity contribution in [3.05, 3.63) is 50.6 Å². The van der Waals surface area contributed by atoms with E-state index in [0.717, 1.165) is 19.5 Å². The highest BCUT2D eigenvalue weighted by atomic mass is 79.9. The van der Waals surface area contributed by atoms with Crippen molar-refractivity contribution < 1.29 is 0 Å². The molecule has 1 aliphatic heterocycles. The van der Waals surface area contributed by atoms with Crippen LogP contribution in [0, 0.1) is 0 Å². The molecule has 0 radical (unpaired) electrons. The van der Waals surface area contributed by atoms with Crippen molar-refractivity contribution in [3.8, 4) is 0 Å². The number of nitrogens with one attached hydrogen (secondary N) is 2. The Kier molecular flexibility index (Phi) is 3.68. The Balaban J connectivity index is 1.48. The first kappa shape index (κ1) is 12.2. The van der Waals surface area contributed by atoms with E-state index in [1.807, 2.05) is 0 Å². The van der Waals surface area contributed by atoms with Crippen molar-refractivity contribution in [3.63, 3.8) is 0 Å². The van der Waals surface area contributed by atoms with Crippen molar-refractivity contribution in [2.45, 2.75) is 19.0 Å². The van der Waals surface area contributed by atoms with Crippen molar-refractivity contribution >= 4 is 33.0 Å². The monoisotopic (exact) mass is 322 g/mol. The Bertz CT molecular complexity index is 513. The molecule has 94 valence electrons. The third kappa shape index (κ3) is 2.76. The van der Waals surface area contributed by atoms with Gasteiger partial charge in [0.1, 0.15) is 0 Å². The molecule has 0 aliphatic carbocycles. The molecule has 0 saturated heterocycles. The first-order chi connectivity index (χ1) is 8.81. The van der Waals surface area contributed by atoms with Gasteiger partial charge in [-0.3, -0.25) is 0 Å². The Morgan fingerprint density at radius 3 is 3.06 bits per heavy atom. The number of rotatable bonds is 4. The summed E-state index contributed by atoms with van der Waals surface area (Å²) in [5.74, 6) is 0. The number of benzene rings is 1. The van der Waals surface area contributed by atoms with Gasteiger partial charge in [-0.15, -0.1) is 11.3 Å². The number of fused-ring (bicyclic) bond motifs is 1. The van der Waals surface area contributed by atoms with E-state index >= 15 is 0 Å². The van der Waals surface area contributed by atoms with Gasteiger partial charge < -0.3 is 10.6 Å². The predicted molar refractivity (Wildman–Crippen MR) is 81.3 cm³/mol. The Hall–Kier alpha value is -0.840. The number of hydrogen-bond acceptors (Lipinski definition) is 3. The summed E-state index contributed by atoms with van der Waals surface area (Å²) in [6.07, 6.45) is 1.12. The number of para-hydroxylation sites is 1. The van der Waals surface area contributed by atoms with Crippen LogP contribution in [0.1, 0.15) is 10.4 Å². The molecule has 3 rings (SSSR count). The van der Waals surface area contributed by atoms with Crippen LogP contribution in [0.2, 0.25) is 0 Å². The van der Waals surface area contributed by atoms with Crippen LogP contribution >= 0.6 is 27.3 Å². The van der Waals surface area contributed by atoms with Gasteiger partial charge in [-0.1, -0.05) is 18.2 Å². The van der Waals surface area contributed by atoms with Crippen LogP contribution in [0.3, 0.4) is 0 Å². The molecule has 0 spiro atoms. The van der Waals surface area contributed by atoms with Crippen LogP contribution in [0.25, 0.3) is 0 Å². The summed E-state index contributed by atoms with van der Waals surface area (Å²) in [5, 5.41) is 9.20. The zero-order valence-corrected chi connectivity index (χ0v) is 12.4. The summed E-state index contributed by atoms with van der Waals surface area (Å²) < 4.78 is 1.18. The van der Waals surface area contributed by atoms with Crippen LogP contribution in [0.15, 0.2) is 40.2 Å². The number of anilines is 1. The molecule has 2 N–H and O–H groups in total. The Morgan fingerprint density at radius 1 is 1.39 bits per heavy atom. The molecule has 0 bridgehead atoms. The van der Waals surface area contributed by atoms with Crippen LogP contribution in [-0.4, -0.2) is 12.6 Å². The first-order valence-electron chi connectivity index (χ1n) is 6.09. The molecule has 1 unspecified atom stereocenters. The van der Waals surface area contributed by atoms with E-state index in [1.165, 1.54) is 20.6 Å². The Morgan fingerprint density at radius 2 is 2.28 bits per heavy atom. The maximum absolute atomic E-state index is 3.56. The zero-order chi connectivity index (χ0) is 12.4. The average molecular weight is 323 g/mol. The van der Waals surface area contributed by atoms with E-state index in [0.29, 0.717) is 6.04 Å². The average Bonchev–Trinajstić information content (AvgIpc) is 2.95. The molecule has 1 atom stereocenters. The third-order valence-electron chi connectivity index (χ3n) is 3.16. The molecule has 18 heavy (non-hydrogen) atoms. The molecule has 1 aromatic carbocycles. The van der Waals surface area contributed by atoms with Crippen LogP contribution in [0.4, 0.5) is 5.69 Å². The van der Waals surface area contributed by atoms with Gasteiger partial charge in [-0.05, 0) is 40.0 Å². The highest BCUT2D eigenvalue weighted by molar-refractivity contribution is 9.10. The summed E-state index contributed by atoms with van der Waals surface area (Å²) in [4.78, 5) is 1.37. The van der Waals surface area contributed by atoms with Gasteiger partial charge in [0.25, 0.3) is 0 Å². The molecule has 1 aliphatic rings. The van der Waals surface area contributed by atoms with Gasteiger partial charge >= 0.3 is 0 Å². The summed E-state index contributed by atoms with van der Waals surface area (Å²) in [7, 11) is 0. The Labute approximate surface area is 120 Å². The van der Waals surface area contributed by atoms with E-state index in [2.05, 4.69) is 62.3 Å². The minimum absolute atomic E-state index is 0.519. The molecule has 4 heteroatoms. The molecule has 2 nitrogen and oxygen atoms in total. The standard InChI is InChI=1S/C14H15BrN2S/c15-11-6-13(18-9-11)8-16-7-12-5-10-3-1-2-4-14(10)17-12/h1-4,6,9,12,16-17H,5,7-8H2. The van der Waals surface area contributed by atoms with Gasteiger partial charge in [-0.25, -0.2) is 0 Å². The number of halogens is 1. The molecule has 2 heterocycles. The lowest BCUT2D eigenvalue weighted by Crippen LogP contribution is -2.30. The zero-order valence-electron chi connectivity index (χ0n) is 9.95. The lowest BCUT2D eigenvalue weighted by Gasteiger charge is -2.11. The van der Waals surface area contributed by atoms with E-state index in [4.69, 9.17) is 0 Å². The molecule has 0 saturated carbocycles. The van der Waals surface area contributed by atoms with E-state index in [-0.39, 0.29) is 0 Å². The van der Waals surface area contributed by atoms with Crippen molar-refractivity contribution in [1.82, 2.24) is 5.32 Å². The molecular formula is C14H15BrN2S. The van der Waals surface area contributed by atoms with Gasteiger partial charge in [0.2, 0.25) is 0 Å². The summed E-state index contributed by atoms with van der Waals surface area (Å²) in [5.41, 5.74) is 2.73. The molecule has 1 aromatic heterocycles. The second kappa shape index (κ2) is 5.43. The van der Waals surface area contributed by atoms with Gasteiger partial charge in [0.15, 0.2) is 0 Å². The van der Waals surface area contributed by atoms with Crippen LogP contribution in [-0.2, 0) is 13.0 Å². The minimum atomic E-state index is 0.519. The fourth-order valence-corrected chi connectivity index (χ4v) is 3.74. The molecule has 2 aromatic rings. The SMILES string of the molecule is Brc1csc(CNCC2Cc3ccccc3N2)c1.